The van der Waals surface area contributed by atoms with Crippen molar-refractivity contribution < 1.29 is 14.6 Å². The van der Waals surface area contributed by atoms with E-state index in [4.69, 9.17) is 10.8 Å². The molecule has 0 heterocycles. The number of hydrogen-bond donors (Lipinski definition) is 2. The van der Waals surface area contributed by atoms with Gasteiger partial charge in [0.2, 0.25) is 0 Å². The second kappa shape index (κ2) is 4.55. The van der Waals surface area contributed by atoms with Crippen molar-refractivity contribution in [1.29, 1.82) is 0 Å². The molecular formula is C4H9NO3. The van der Waals surface area contributed by atoms with Gasteiger partial charge in [-0.15, -0.1) is 0 Å². The first-order chi connectivity index (χ1) is 3.81. The Kier molecular flexibility index (Phi) is 4.20. The monoisotopic (exact) mass is 119 g/mol. The summed E-state index contributed by atoms with van der Waals surface area (Å²) in [6.07, 6.45) is 0.0250. The highest BCUT2D eigenvalue weighted by molar-refractivity contribution is 5.69. The lowest BCUT2D eigenvalue weighted by atomic mass is 10.5. The van der Waals surface area contributed by atoms with Crippen molar-refractivity contribution in [3.05, 3.63) is 0 Å². The number of aliphatic hydroxyl groups is 1. The molecule has 0 aromatic rings. The van der Waals surface area contributed by atoms with Crippen LogP contribution in [0.5, 0.6) is 0 Å². The maximum Gasteiger partial charge on any atom is 0.309 e. The molecule has 0 bridgehead atoms. The van der Waals surface area contributed by atoms with Gasteiger partial charge in [-0.05, 0) is 0 Å². The highest BCUT2D eigenvalue weighted by atomic mass is 16.5. The molecule has 0 spiro atoms. The van der Waals surface area contributed by atoms with E-state index in [0.29, 0.717) is 0 Å². The van der Waals surface area contributed by atoms with E-state index < -0.39 is 5.97 Å². The van der Waals surface area contributed by atoms with Gasteiger partial charge >= 0.3 is 5.97 Å². The number of ether oxygens (including phenoxy) is 1. The minimum Gasteiger partial charge on any atom is -0.450 e. The highest BCUT2D eigenvalue weighted by Gasteiger charge is 1.96. The molecule has 0 unspecified atom stereocenters. The molecular weight excluding hydrogens is 110 g/mol. The van der Waals surface area contributed by atoms with E-state index in [1.807, 2.05) is 0 Å². The van der Waals surface area contributed by atoms with Crippen LogP contribution in [-0.2, 0) is 9.53 Å². The number of carbonyl (C=O) groups is 1. The third kappa shape index (κ3) is 3.58. The Bertz CT molecular complexity index is 65.7. The molecule has 0 atom stereocenters. The summed E-state index contributed by atoms with van der Waals surface area (Å²) in [6, 6.07) is 0. The van der Waals surface area contributed by atoms with Crippen molar-refractivity contribution in [3.8, 4) is 0 Å². The molecule has 0 aliphatic rings. The van der Waals surface area contributed by atoms with Crippen molar-refractivity contribution in [1.82, 2.24) is 0 Å². The van der Waals surface area contributed by atoms with Gasteiger partial charge in [0.15, 0.2) is 0 Å². The summed E-state index contributed by atoms with van der Waals surface area (Å²) in [5.41, 5.74) is 4.84. The fourth-order valence-electron chi connectivity index (χ4n) is 0.256. The Balaban J connectivity index is 3.06. The van der Waals surface area contributed by atoms with Crippen LogP contribution in [0.3, 0.4) is 0 Å². The fourth-order valence-corrected chi connectivity index (χ4v) is 0.256. The van der Waals surface area contributed by atoms with Crippen molar-refractivity contribution in [2.75, 3.05) is 13.3 Å². The molecule has 0 radical (unpaired) electrons. The number of rotatable bonds is 3. The molecule has 0 saturated heterocycles. The molecule has 4 nitrogen and oxygen atoms in total. The normalized spacial score (nSPS) is 8.75. The van der Waals surface area contributed by atoms with Gasteiger partial charge in [-0.25, -0.2) is 0 Å². The van der Waals surface area contributed by atoms with E-state index in [1.165, 1.54) is 0 Å². The molecule has 48 valence electrons. The van der Waals surface area contributed by atoms with Gasteiger partial charge in [0, 0.05) is 0 Å². The lowest BCUT2D eigenvalue weighted by Crippen LogP contribution is -2.12. The van der Waals surface area contributed by atoms with Crippen molar-refractivity contribution in [2.45, 2.75) is 6.42 Å². The average molecular weight is 119 g/mol. The summed E-state index contributed by atoms with van der Waals surface area (Å²) in [7, 11) is 0. The Morgan fingerprint density at radius 1 is 1.75 bits per heavy atom. The van der Waals surface area contributed by atoms with Crippen LogP contribution in [0.25, 0.3) is 0 Å². The summed E-state index contributed by atoms with van der Waals surface area (Å²) >= 11 is 0. The van der Waals surface area contributed by atoms with Gasteiger partial charge in [-0.1, -0.05) is 0 Å². The maximum atomic E-state index is 10.2. The summed E-state index contributed by atoms with van der Waals surface area (Å²) < 4.78 is 4.26. The van der Waals surface area contributed by atoms with Crippen molar-refractivity contribution in [3.63, 3.8) is 0 Å². The molecule has 0 rings (SSSR count). The van der Waals surface area contributed by atoms with Crippen molar-refractivity contribution >= 4 is 5.97 Å². The van der Waals surface area contributed by atoms with Gasteiger partial charge in [-0.3, -0.25) is 10.5 Å². The zero-order valence-electron chi connectivity index (χ0n) is 4.46. The molecule has 0 aromatic carbocycles. The molecule has 0 fully saturated rings. The van der Waals surface area contributed by atoms with Crippen LogP contribution >= 0.6 is 0 Å². The largest absolute Gasteiger partial charge is 0.450 e. The van der Waals surface area contributed by atoms with Crippen LogP contribution in [-0.4, -0.2) is 24.4 Å². The minimum absolute atomic E-state index is 0.0250. The molecule has 3 N–H and O–H groups in total. The summed E-state index contributed by atoms with van der Waals surface area (Å²) in [4.78, 5) is 10.2. The minimum atomic E-state index is -0.463. The first-order valence-electron chi connectivity index (χ1n) is 2.27. The fraction of sp³-hybridized carbons (Fsp3) is 0.750. The molecule has 0 aliphatic carbocycles. The van der Waals surface area contributed by atoms with E-state index in [0.717, 1.165) is 0 Å². The van der Waals surface area contributed by atoms with Gasteiger partial charge in [0.1, 0.15) is 6.73 Å². The lowest BCUT2D eigenvalue weighted by molar-refractivity contribution is -0.144. The van der Waals surface area contributed by atoms with Crippen LogP contribution in [0.15, 0.2) is 0 Å². The number of aliphatic hydroxyl groups excluding tert-OH is 1. The van der Waals surface area contributed by atoms with Gasteiger partial charge in [-0.2, -0.15) is 0 Å². The Morgan fingerprint density at radius 3 is 2.75 bits per heavy atom. The quantitative estimate of drug-likeness (QED) is 0.362. The maximum absolute atomic E-state index is 10.2. The van der Waals surface area contributed by atoms with Crippen LogP contribution < -0.4 is 5.73 Å². The number of nitrogens with two attached hydrogens (primary N) is 1. The van der Waals surface area contributed by atoms with E-state index in [-0.39, 0.29) is 19.8 Å². The van der Waals surface area contributed by atoms with E-state index >= 15 is 0 Å². The van der Waals surface area contributed by atoms with Crippen molar-refractivity contribution in [2.24, 2.45) is 5.73 Å². The van der Waals surface area contributed by atoms with E-state index in [1.54, 1.807) is 0 Å². The predicted octanol–water partition coefficient (Wildman–Crippen LogP) is -1.17. The van der Waals surface area contributed by atoms with E-state index in [2.05, 4.69) is 4.74 Å². The molecule has 0 saturated carbocycles. The summed E-state index contributed by atoms with van der Waals surface area (Å²) in [5, 5.41) is 8.12. The second-order valence-electron chi connectivity index (χ2n) is 1.16. The predicted molar refractivity (Wildman–Crippen MR) is 26.8 cm³/mol. The molecule has 8 heavy (non-hydrogen) atoms. The first-order valence-corrected chi connectivity index (χ1v) is 2.27. The average Bonchev–Trinajstić information content (AvgIpc) is 1.68. The second-order valence-corrected chi connectivity index (χ2v) is 1.16. The number of carbonyl (C=O) groups excluding carboxylic acids is 1. The highest BCUT2D eigenvalue weighted by Crippen LogP contribution is 1.80. The zero-order chi connectivity index (χ0) is 6.41. The van der Waals surface area contributed by atoms with E-state index in [9.17, 15) is 4.79 Å². The van der Waals surface area contributed by atoms with Gasteiger partial charge in [0.05, 0.1) is 13.0 Å². The topological polar surface area (TPSA) is 72.5 Å². The Morgan fingerprint density at radius 2 is 2.38 bits per heavy atom. The third-order valence-electron chi connectivity index (χ3n) is 0.560. The SMILES string of the molecule is NCOC(=O)CCO. The first kappa shape index (κ1) is 7.39. The van der Waals surface area contributed by atoms with Gasteiger partial charge < -0.3 is 9.84 Å². The molecule has 0 amide bonds. The van der Waals surface area contributed by atoms with Crippen LogP contribution in [0.2, 0.25) is 0 Å². The Labute approximate surface area is 47.2 Å². The number of esters is 1. The standard InChI is InChI=1S/C4H9NO3/c5-3-8-4(7)1-2-6/h6H,1-3,5H2. The Hall–Kier alpha value is -0.610. The smallest absolute Gasteiger partial charge is 0.309 e. The van der Waals surface area contributed by atoms with Crippen LogP contribution in [0.4, 0.5) is 0 Å². The summed E-state index contributed by atoms with van der Waals surface area (Å²) in [6.45, 7) is -0.294. The number of hydrogen-bond acceptors (Lipinski definition) is 4. The molecule has 0 aliphatic heterocycles. The van der Waals surface area contributed by atoms with Gasteiger partial charge in [0.25, 0.3) is 0 Å². The zero-order valence-corrected chi connectivity index (χ0v) is 4.46. The lowest BCUT2D eigenvalue weighted by Gasteiger charge is -1.95. The summed E-state index contributed by atoms with van der Waals surface area (Å²) in [5.74, 6) is -0.463. The molecule has 0 aromatic heterocycles. The van der Waals surface area contributed by atoms with Crippen LogP contribution in [0.1, 0.15) is 6.42 Å². The van der Waals surface area contributed by atoms with Crippen LogP contribution in [0, 0.1) is 0 Å². The molecule has 4 heteroatoms. The third-order valence-corrected chi connectivity index (χ3v) is 0.560.